The van der Waals surface area contributed by atoms with Crippen molar-refractivity contribution in [2.75, 3.05) is 0 Å². The molecule has 18 heavy (non-hydrogen) atoms. The minimum Gasteiger partial charge on any atom is -0.305 e. The van der Waals surface area contributed by atoms with Gasteiger partial charge in [-0.1, -0.05) is 6.07 Å². The Balaban J connectivity index is 2.25. The molecule has 0 fully saturated rings. The highest BCUT2D eigenvalue weighted by molar-refractivity contribution is 5.21. The number of halogens is 2. The van der Waals surface area contributed by atoms with Gasteiger partial charge in [0.15, 0.2) is 0 Å². The molecule has 0 aliphatic rings. The molecular formula is C12H10F2N2O2. The van der Waals surface area contributed by atoms with Crippen LogP contribution in [0.3, 0.4) is 0 Å². The molecule has 1 heterocycles. The molecule has 0 aliphatic carbocycles. The maximum atomic E-state index is 13.3. The van der Waals surface area contributed by atoms with E-state index in [-0.39, 0.29) is 24.0 Å². The van der Waals surface area contributed by atoms with Crippen molar-refractivity contribution in [3.05, 3.63) is 67.7 Å². The average Bonchev–Trinajstić information content (AvgIpc) is 2.33. The largest absolute Gasteiger partial charge is 0.310 e. The van der Waals surface area contributed by atoms with Crippen LogP contribution in [0.2, 0.25) is 0 Å². The Bertz CT molecular complexity index is 656. The smallest absolute Gasteiger partial charge is 0.305 e. The van der Waals surface area contributed by atoms with E-state index in [4.69, 9.17) is 0 Å². The van der Waals surface area contributed by atoms with Gasteiger partial charge in [-0.25, -0.2) is 8.78 Å². The topological polar surface area (TPSA) is 65.7 Å². The van der Waals surface area contributed by atoms with Crippen molar-refractivity contribution in [2.24, 2.45) is 0 Å². The molecule has 2 N–H and O–H groups in total. The van der Waals surface area contributed by atoms with E-state index in [1.807, 2.05) is 0 Å². The zero-order valence-corrected chi connectivity index (χ0v) is 9.30. The molecule has 94 valence electrons. The van der Waals surface area contributed by atoms with Crippen LogP contribution in [0.15, 0.2) is 34.0 Å². The first kappa shape index (κ1) is 12.2. The second-order valence-corrected chi connectivity index (χ2v) is 3.80. The summed E-state index contributed by atoms with van der Waals surface area (Å²) in [4.78, 5) is 22.4. The number of benzene rings is 1. The summed E-state index contributed by atoms with van der Waals surface area (Å²) < 4.78 is 26.7. The van der Waals surface area contributed by atoms with Crippen LogP contribution in [0.1, 0.15) is 11.1 Å². The Hall–Kier alpha value is -2.24. The summed E-state index contributed by atoms with van der Waals surface area (Å²) in [7, 11) is 0. The van der Waals surface area contributed by atoms with Gasteiger partial charge < -0.3 is 5.10 Å². The van der Waals surface area contributed by atoms with Gasteiger partial charge in [0.25, 0.3) is 0 Å². The molecule has 2 aromatic rings. The molecule has 1 aromatic heterocycles. The van der Waals surface area contributed by atoms with Gasteiger partial charge in [0.2, 0.25) is 5.43 Å². The van der Waals surface area contributed by atoms with Crippen molar-refractivity contribution in [3.63, 3.8) is 0 Å². The van der Waals surface area contributed by atoms with Crippen LogP contribution in [0.4, 0.5) is 8.78 Å². The summed E-state index contributed by atoms with van der Waals surface area (Å²) in [5.74, 6) is -1.31. The van der Waals surface area contributed by atoms with Crippen LogP contribution in [0.5, 0.6) is 0 Å². The second kappa shape index (κ2) is 4.95. The number of aromatic amines is 2. The highest BCUT2D eigenvalue weighted by atomic mass is 19.1. The molecular weight excluding hydrogens is 242 g/mol. The van der Waals surface area contributed by atoms with E-state index in [9.17, 15) is 18.4 Å². The van der Waals surface area contributed by atoms with E-state index in [0.717, 1.165) is 12.1 Å². The van der Waals surface area contributed by atoms with E-state index in [1.165, 1.54) is 12.3 Å². The summed E-state index contributed by atoms with van der Waals surface area (Å²) in [6, 6.07) is 3.58. The number of H-pyrrole nitrogens is 2. The fraction of sp³-hybridized carbons (Fsp3) is 0.167. The molecule has 0 aliphatic heterocycles. The fourth-order valence-electron chi connectivity index (χ4n) is 1.67. The van der Waals surface area contributed by atoms with Crippen molar-refractivity contribution in [3.8, 4) is 0 Å². The third kappa shape index (κ3) is 2.37. The van der Waals surface area contributed by atoms with Gasteiger partial charge in [0, 0.05) is 17.3 Å². The molecule has 0 spiro atoms. The molecule has 6 heteroatoms. The van der Waals surface area contributed by atoms with Gasteiger partial charge in [-0.3, -0.25) is 14.7 Å². The molecule has 0 saturated carbocycles. The first-order valence-electron chi connectivity index (χ1n) is 5.31. The highest BCUT2D eigenvalue weighted by Crippen LogP contribution is 2.13. The zero-order valence-electron chi connectivity index (χ0n) is 9.30. The van der Waals surface area contributed by atoms with Crippen LogP contribution in [0, 0.1) is 11.6 Å². The lowest BCUT2D eigenvalue weighted by molar-refractivity contribution is 0.554. The van der Waals surface area contributed by atoms with Crippen LogP contribution in [-0.4, -0.2) is 10.2 Å². The standard InChI is InChI=1S/C12H10F2N2O2/c13-9-2-1-3-10(14)8(9)5-4-7-6-15-16-12(18)11(7)17/h1-3,6H,4-5H2,(H,15,17)(H,16,18). The van der Waals surface area contributed by atoms with Crippen molar-refractivity contribution in [2.45, 2.75) is 12.8 Å². The quantitative estimate of drug-likeness (QED) is 0.804. The number of nitrogens with one attached hydrogen (secondary N) is 2. The summed E-state index contributed by atoms with van der Waals surface area (Å²) >= 11 is 0. The van der Waals surface area contributed by atoms with Gasteiger partial charge >= 0.3 is 5.56 Å². The Kier molecular flexibility index (Phi) is 3.36. The van der Waals surface area contributed by atoms with Crippen LogP contribution in [0.25, 0.3) is 0 Å². The molecule has 4 nitrogen and oxygen atoms in total. The molecule has 0 saturated heterocycles. The van der Waals surface area contributed by atoms with Crippen molar-refractivity contribution >= 4 is 0 Å². The number of hydrogen-bond acceptors (Lipinski definition) is 2. The predicted octanol–water partition coefficient (Wildman–Crippen LogP) is 1.13. The predicted molar refractivity (Wildman–Crippen MR) is 61.4 cm³/mol. The van der Waals surface area contributed by atoms with E-state index < -0.39 is 22.6 Å². The van der Waals surface area contributed by atoms with E-state index >= 15 is 0 Å². The third-order valence-electron chi connectivity index (χ3n) is 2.64. The number of rotatable bonds is 3. The lowest BCUT2D eigenvalue weighted by Gasteiger charge is -2.04. The first-order valence-corrected chi connectivity index (χ1v) is 5.31. The highest BCUT2D eigenvalue weighted by Gasteiger charge is 2.10. The molecule has 0 radical (unpaired) electrons. The Morgan fingerprint density at radius 1 is 1.06 bits per heavy atom. The lowest BCUT2D eigenvalue weighted by atomic mass is 10.0. The minimum atomic E-state index is -0.776. The average molecular weight is 252 g/mol. The van der Waals surface area contributed by atoms with Crippen LogP contribution < -0.4 is 11.0 Å². The number of aromatic nitrogens is 2. The molecule has 0 atom stereocenters. The maximum Gasteiger partial charge on any atom is 0.310 e. The number of aryl methyl sites for hydroxylation is 1. The number of hydrogen-bond donors (Lipinski definition) is 2. The molecule has 0 unspecified atom stereocenters. The van der Waals surface area contributed by atoms with E-state index in [0.29, 0.717) is 0 Å². The van der Waals surface area contributed by atoms with E-state index in [2.05, 4.69) is 10.2 Å². The summed E-state index contributed by atoms with van der Waals surface area (Å²) in [5.41, 5.74) is -1.36. The van der Waals surface area contributed by atoms with Crippen LogP contribution in [-0.2, 0) is 12.8 Å². The summed E-state index contributed by atoms with van der Waals surface area (Å²) in [6.45, 7) is 0. The van der Waals surface area contributed by atoms with Crippen molar-refractivity contribution < 1.29 is 8.78 Å². The Morgan fingerprint density at radius 3 is 2.39 bits per heavy atom. The van der Waals surface area contributed by atoms with Gasteiger partial charge in [-0.15, -0.1) is 0 Å². The van der Waals surface area contributed by atoms with E-state index in [1.54, 1.807) is 0 Å². The van der Waals surface area contributed by atoms with Crippen molar-refractivity contribution in [1.29, 1.82) is 0 Å². The second-order valence-electron chi connectivity index (χ2n) is 3.80. The molecule has 0 amide bonds. The van der Waals surface area contributed by atoms with Gasteiger partial charge in [0.1, 0.15) is 11.6 Å². The van der Waals surface area contributed by atoms with Gasteiger partial charge in [-0.05, 0) is 25.0 Å². The SMILES string of the molecule is O=c1[nH][nH]cc(CCc2c(F)cccc2F)c1=O. The Labute approximate surface area is 100 Å². The summed E-state index contributed by atoms with van der Waals surface area (Å²) in [5, 5.41) is 4.53. The monoisotopic (exact) mass is 252 g/mol. The molecule has 0 bridgehead atoms. The zero-order chi connectivity index (χ0) is 13.1. The Morgan fingerprint density at radius 2 is 1.72 bits per heavy atom. The minimum absolute atomic E-state index is 0.0189. The van der Waals surface area contributed by atoms with Gasteiger partial charge in [0.05, 0.1) is 0 Å². The molecule has 1 aromatic carbocycles. The third-order valence-corrected chi connectivity index (χ3v) is 2.64. The van der Waals surface area contributed by atoms with Crippen molar-refractivity contribution in [1.82, 2.24) is 10.2 Å². The van der Waals surface area contributed by atoms with Crippen LogP contribution >= 0.6 is 0 Å². The molecule has 2 rings (SSSR count). The lowest BCUT2D eigenvalue weighted by Crippen LogP contribution is -2.30. The van der Waals surface area contributed by atoms with Gasteiger partial charge in [-0.2, -0.15) is 0 Å². The normalized spacial score (nSPS) is 10.6. The fourth-order valence-corrected chi connectivity index (χ4v) is 1.67. The maximum absolute atomic E-state index is 13.3. The summed E-state index contributed by atoms with van der Waals surface area (Å²) in [6.07, 6.45) is 1.44. The first-order chi connectivity index (χ1) is 8.59.